The molecule has 4 aromatic rings. The van der Waals surface area contributed by atoms with Crippen LogP contribution < -0.4 is 5.73 Å². The lowest BCUT2D eigenvalue weighted by Gasteiger charge is -2.02. The lowest BCUT2D eigenvalue weighted by atomic mass is 10.2. The Bertz CT molecular complexity index is 958. The molecule has 0 fully saturated rings. The summed E-state index contributed by atoms with van der Waals surface area (Å²) in [5.74, 6) is 0. The summed E-state index contributed by atoms with van der Waals surface area (Å²) in [6.45, 7) is 0. The summed E-state index contributed by atoms with van der Waals surface area (Å²) in [4.78, 5) is 9.06. The van der Waals surface area contributed by atoms with Gasteiger partial charge in [0.1, 0.15) is 0 Å². The van der Waals surface area contributed by atoms with Gasteiger partial charge in [-0.1, -0.05) is 18.2 Å². The maximum absolute atomic E-state index is 5.81. The molecular weight excluding hydrogens is 274 g/mol. The second-order valence-electron chi connectivity index (χ2n) is 5.01. The van der Waals surface area contributed by atoms with Crippen molar-refractivity contribution >= 4 is 16.7 Å². The van der Waals surface area contributed by atoms with E-state index in [4.69, 9.17) is 5.73 Å². The van der Waals surface area contributed by atoms with E-state index in [-0.39, 0.29) is 0 Å². The van der Waals surface area contributed by atoms with E-state index in [0.29, 0.717) is 5.69 Å². The molecule has 5 heteroatoms. The van der Waals surface area contributed by atoms with Gasteiger partial charge in [0.2, 0.25) is 0 Å². The third kappa shape index (κ3) is 2.18. The second kappa shape index (κ2) is 4.96. The number of nitrogens with two attached hydrogens (primary N) is 1. The fourth-order valence-electron chi connectivity index (χ4n) is 2.36. The summed E-state index contributed by atoms with van der Waals surface area (Å²) >= 11 is 0. The van der Waals surface area contributed by atoms with Crippen molar-refractivity contribution in [2.45, 2.75) is 0 Å². The third-order valence-electron chi connectivity index (χ3n) is 3.46. The van der Waals surface area contributed by atoms with Crippen LogP contribution in [0, 0.1) is 0 Å². The highest BCUT2D eigenvalue weighted by Gasteiger charge is 2.06. The van der Waals surface area contributed by atoms with E-state index in [1.807, 2.05) is 54.7 Å². The number of aromatic nitrogens is 4. The van der Waals surface area contributed by atoms with Crippen LogP contribution in [0.1, 0.15) is 0 Å². The van der Waals surface area contributed by atoms with Crippen molar-refractivity contribution in [3.63, 3.8) is 0 Å². The molecule has 0 aliphatic rings. The standard InChI is InChI=1S/C17H13N5/c18-13-4-3-5-14(8-13)22-11-12(9-20-22)17-10-19-15-6-1-2-7-16(15)21-17/h1-11H,18H2. The summed E-state index contributed by atoms with van der Waals surface area (Å²) in [5, 5.41) is 4.38. The van der Waals surface area contributed by atoms with E-state index < -0.39 is 0 Å². The zero-order valence-corrected chi connectivity index (χ0v) is 11.7. The number of benzene rings is 2. The summed E-state index contributed by atoms with van der Waals surface area (Å²) in [5.41, 5.74) is 10.9. The van der Waals surface area contributed by atoms with Crippen molar-refractivity contribution in [2.24, 2.45) is 0 Å². The van der Waals surface area contributed by atoms with E-state index in [0.717, 1.165) is 28.0 Å². The minimum absolute atomic E-state index is 0.708. The maximum atomic E-state index is 5.81. The van der Waals surface area contributed by atoms with Gasteiger partial charge in [-0.2, -0.15) is 5.10 Å². The lowest BCUT2D eigenvalue weighted by Crippen LogP contribution is -1.95. The smallest absolute Gasteiger partial charge is 0.0924 e. The quantitative estimate of drug-likeness (QED) is 0.575. The number of nitrogen functional groups attached to an aromatic ring is 1. The minimum atomic E-state index is 0.708. The van der Waals surface area contributed by atoms with Gasteiger partial charge in [0.15, 0.2) is 0 Å². The molecule has 0 amide bonds. The normalized spacial score (nSPS) is 10.9. The van der Waals surface area contributed by atoms with Crippen LogP contribution in [0.4, 0.5) is 5.69 Å². The van der Waals surface area contributed by atoms with E-state index in [2.05, 4.69) is 15.1 Å². The predicted molar refractivity (Wildman–Crippen MR) is 86.5 cm³/mol. The van der Waals surface area contributed by atoms with Gasteiger partial charge in [-0.15, -0.1) is 0 Å². The topological polar surface area (TPSA) is 69.6 Å². The Hall–Kier alpha value is -3.21. The highest BCUT2D eigenvalue weighted by atomic mass is 15.3. The molecule has 0 saturated heterocycles. The molecule has 4 rings (SSSR count). The summed E-state index contributed by atoms with van der Waals surface area (Å²) in [6.07, 6.45) is 5.47. The molecule has 2 aromatic heterocycles. The van der Waals surface area contributed by atoms with Gasteiger partial charge in [0, 0.05) is 17.4 Å². The average Bonchev–Trinajstić information content (AvgIpc) is 3.04. The van der Waals surface area contributed by atoms with Crippen LogP contribution in [0.15, 0.2) is 67.1 Å². The average molecular weight is 287 g/mol. The zero-order valence-electron chi connectivity index (χ0n) is 11.7. The fraction of sp³-hybridized carbons (Fsp3) is 0. The molecule has 2 aromatic carbocycles. The van der Waals surface area contributed by atoms with Crippen LogP contribution >= 0.6 is 0 Å². The van der Waals surface area contributed by atoms with E-state index >= 15 is 0 Å². The Labute approximate surface area is 127 Å². The highest BCUT2D eigenvalue weighted by Crippen LogP contribution is 2.20. The van der Waals surface area contributed by atoms with Gasteiger partial charge >= 0.3 is 0 Å². The molecule has 106 valence electrons. The van der Waals surface area contributed by atoms with E-state index in [1.54, 1.807) is 17.1 Å². The van der Waals surface area contributed by atoms with Crippen LogP contribution in [0.3, 0.4) is 0 Å². The number of hydrogen-bond acceptors (Lipinski definition) is 4. The molecule has 0 saturated carbocycles. The molecule has 0 spiro atoms. The first kappa shape index (κ1) is 12.5. The molecule has 2 heterocycles. The summed E-state index contributed by atoms with van der Waals surface area (Å²) in [6, 6.07) is 15.4. The maximum Gasteiger partial charge on any atom is 0.0924 e. The van der Waals surface area contributed by atoms with Crippen molar-refractivity contribution in [1.29, 1.82) is 0 Å². The molecular formula is C17H13N5. The molecule has 0 atom stereocenters. The van der Waals surface area contributed by atoms with Gasteiger partial charge in [-0.05, 0) is 30.3 Å². The van der Waals surface area contributed by atoms with Crippen molar-refractivity contribution in [3.8, 4) is 16.9 Å². The molecule has 2 N–H and O–H groups in total. The highest BCUT2D eigenvalue weighted by molar-refractivity contribution is 5.76. The van der Waals surface area contributed by atoms with Crippen molar-refractivity contribution < 1.29 is 0 Å². The van der Waals surface area contributed by atoms with E-state index in [9.17, 15) is 0 Å². The summed E-state index contributed by atoms with van der Waals surface area (Å²) in [7, 11) is 0. The molecule has 0 bridgehead atoms. The van der Waals surface area contributed by atoms with Crippen LogP contribution in [0.2, 0.25) is 0 Å². The van der Waals surface area contributed by atoms with Gasteiger partial charge < -0.3 is 5.73 Å². The van der Waals surface area contributed by atoms with Gasteiger partial charge in [-0.3, -0.25) is 4.98 Å². The first-order valence-electron chi connectivity index (χ1n) is 6.92. The van der Waals surface area contributed by atoms with Gasteiger partial charge in [0.05, 0.1) is 34.8 Å². The number of hydrogen-bond donors (Lipinski definition) is 1. The second-order valence-corrected chi connectivity index (χ2v) is 5.01. The molecule has 22 heavy (non-hydrogen) atoms. The molecule has 0 unspecified atom stereocenters. The number of nitrogens with zero attached hydrogens (tertiary/aromatic N) is 4. The van der Waals surface area contributed by atoms with E-state index in [1.165, 1.54) is 0 Å². The number of anilines is 1. The fourth-order valence-corrected chi connectivity index (χ4v) is 2.36. The number of fused-ring (bicyclic) bond motifs is 1. The minimum Gasteiger partial charge on any atom is -0.399 e. The Morgan fingerprint density at radius 2 is 1.77 bits per heavy atom. The first-order chi connectivity index (χ1) is 10.8. The third-order valence-corrected chi connectivity index (χ3v) is 3.46. The Kier molecular flexibility index (Phi) is 2.83. The lowest BCUT2D eigenvalue weighted by molar-refractivity contribution is 0.881. The van der Waals surface area contributed by atoms with Crippen LogP contribution in [0.5, 0.6) is 0 Å². The molecule has 5 nitrogen and oxygen atoms in total. The Morgan fingerprint density at radius 3 is 2.64 bits per heavy atom. The summed E-state index contributed by atoms with van der Waals surface area (Å²) < 4.78 is 1.78. The van der Waals surface area contributed by atoms with Crippen LogP contribution in [-0.2, 0) is 0 Å². The Balaban J connectivity index is 1.76. The van der Waals surface area contributed by atoms with Gasteiger partial charge in [-0.25, -0.2) is 9.67 Å². The predicted octanol–water partition coefficient (Wildman–Crippen LogP) is 3.06. The largest absolute Gasteiger partial charge is 0.399 e. The number of para-hydroxylation sites is 2. The Morgan fingerprint density at radius 1 is 0.909 bits per heavy atom. The van der Waals surface area contributed by atoms with Crippen LogP contribution in [0.25, 0.3) is 28.0 Å². The monoisotopic (exact) mass is 287 g/mol. The van der Waals surface area contributed by atoms with Gasteiger partial charge in [0.25, 0.3) is 0 Å². The molecule has 0 aliphatic carbocycles. The first-order valence-corrected chi connectivity index (χ1v) is 6.92. The van der Waals surface area contributed by atoms with Crippen molar-refractivity contribution in [1.82, 2.24) is 19.7 Å². The number of rotatable bonds is 2. The van der Waals surface area contributed by atoms with Crippen LogP contribution in [-0.4, -0.2) is 19.7 Å². The van der Waals surface area contributed by atoms with Crippen molar-refractivity contribution in [2.75, 3.05) is 5.73 Å². The molecule has 0 aliphatic heterocycles. The van der Waals surface area contributed by atoms with Crippen molar-refractivity contribution in [3.05, 3.63) is 67.1 Å². The zero-order chi connectivity index (χ0) is 14.9. The molecule has 0 radical (unpaired) electrons. The SMILES string of the molecule is Nc1cccc(-n2cc(-c3cnc4ccccc4n3)cn2)c1.